The molecule has 6 heterocycles. The number of hydrogen-bond donors (Lipinski definition) is 2. The number of nitrogens with zero attached hydrogens (tertiary/aromatic N) is 10. The fourth-order valence-corrected chi connectivity index (χ4v) is 8.68. The largest absolute Gasteiger partial charge is 0.341 e. The van der Waals surface area contributed by atoms with Gasteiger partial charge in [0, 0.05) is 0 Å². The molecule has 0 aliphatic carbocycles. The maximum absolute atomic E-state index is 13.6. The summed E-state index contributed by atoms with van der Waals surface area (Å²) in [7, 11) is 0. The summed E-state index contributed by atoms with van der Waals surface area (Å²) in [6.07, 6.45) is 6.31. The van der Waals surface area contributed by atoms with Crippen molar-refractivity contribution in [2.24, 2.45) is 0 Å². The van der Waals surface area contributed by atoms with E-state index in [0.717, 1.165) is 49.0 Å². The van der Waals surface area contributed by atoms with Crippen LogP contribution in [-0.4, -0.2) is 59.2 Å². The highest BCUT2D eigenvalue weighted by Crippen LogP contribution is 2.29. The summed E-state index contributed by atoms with van der Waals surface area (Å²) in [4.78, 5) is 61.0. The van der Waals surface area contributed by atoms with Crippen molar-refractivity contribution in [2.75, 3.05) is 0 Å². The van der Waals surface area contributed by atoms with Crippen LogP contribution in [0, 0.1) is 20.8 Å². The van der Waals surface area contributed by atoms with Gasteiger partial charge in [-0.25, -0.2) is 34.9 Å². The van der Waals surface area contributed by atoms with Gasteiger partial charge in [-0.15, -0.1) is 0 Å². The van der Waals surface area contributed by atoms with Crippen molar-refractivity contribution in [2.45, 2.75) is 42.3 Å². The topological polar surface area (TPSA) is 179 Å². The van der Waals surface area contributed by atoms with Crippen molar-refractivity contribution in [1.29, 1.82) is 0 Å². The van der Waals surface area contributed by atoms with Gasteiger partial charge in [0.2, 0.25) is 0 Å². The lowest BCUT2D eigenvalue weighted by Gasteiger charge is -2.16. The number of fused-ring (bicyclic) bond motifs is 4. The number of nitrogens with one attached hydrogen (secondary N) is 2. The van der Waals surface area contributed by atoms with E-state index >= 15 is 0 Å². The van der Waals surface area contributed by atoms with E-state index < -0.39 is 0 Å². The normalized spacial score (nSPS) is 11.4. The van der Waals surface area contributed by atoms with Crippen LogP contribution in [0.3, 0.4) is 0 Å². The van der Waals surface area contributed by atoms with E-state index in [1.54, 1.807) is 21.7 Å². The van der Waals surface area contributed by atoms with Crippen LogP contribution in [0.4, 0.5) is 0 Å². The van der Waals surface area contributed by atoms with Gasteiger partial charge >= 0.3 is 0 Å². The second-order valence-corrected chi connectivity index (χ2v) is 15.5. The van der Waals surface area contributed by atoms with Gasteiger partial charge in [-0.2, -0.15) is 5.10 Å². The van der Waals surface area contributed by atoms with Crippen molar-refractivity contribution in [3.05, 3.63) is 165 Å². The molecule has 0 saturated carbocycles. The average molecular weight is 815 g/mol. The Labute approximate surface area is 344 Å². The Morgan fingerprint density at radius 2 is 1.20 bits per heavy atom. The highest BCUT2D eigenvalue weighted by molar-refractivity contribution is 7.98. The molecule has 6 aromatic heterocycles. The first kappa shape index (κ1) is 37.5. The van der Waals surface area contributed by atoms with Crippen LogP contribution in [0.25, 0.3) is 55.4 Å². The van der Waals surface area contributed by atoms with Crippen LogP contribution in [-0.2, 0) is 11.5 Å². The zero-order chi connectivity index (χ0) is 40.5. The standard InChI is InChI=1S/C22H18N6OS.C21H16N6OS/c1-13-6-3-4-9-16(13)28-17(27-15-8-5-7-14(2)18(15)22(28)29)10-30-21-19-20(24-11-23-19)25-12-26-21;1-13-6-2-5-9-17(13)27-18(25-16-8-4-3-7-14(16)21(27)28)11-29-20-15-10-24-26-19(15)22-12-23-20/h3-9,11-12H,10H2,1-2H3,(H,23,24,25,26);2-10,12H,11H2,1H3,(H,22,23,24,26). The number of benzene rings is 4. The molecule has 10 aromatic rings. The molecule has 0 fully saturated rings. The molecule has 10 rings (SSSR count). The van der Waals surface area contributed by atoms with E-state index in [1.165, 1.54) is 36.2 Å². The van der Waals surface area contributed by atoms with Crippen LogP contribution in [0.15, 0.2) is 136 Å². The number of aromatic nitrogens is 12. The lowest BCUT2D eigenvalue weighted by molar-refractivity contribution is 0.875. The predicted molar refractivity (Wildman–Crippen MR) is 231 cm³/mol. The molecular weight excluding hydrogens is 781 g/mol. The average Bonchev–Trinajstić information content (AvgIpc) is 3.95. The second-order valence-electron chi connectivity index (χ2n) is 13.6. The van der Waals surface area contributed by atoms with Crippen LogP contribution in [0.2, 0.25) is 0 Å². The molecule has 0 unspecified atom stereocenters. The Hall–Kier alpha value is -7.04. The van der Waals surface area contributed by atoms with Gasteiger partial charge in [0.1, 0.15) is 39.9 Å². The van der Waals surface area contributed by atoms with Crippen molar-refractivity contribution < 1.29 is 0 Å². The first-order valence-corrected chi connectivity index (χ1v) is 20.5. The molecule has 0 amide bonds. The minimum absolute atomic E-state index is 0.0580. The van der Waals surface area contributed by atoms with Crippen molar-refractivity contribution >= 4 is 67.5 Å². The van der Waals surface area contributed by atoms with E-state index in [0.29, 0.717) is 56.3 Å². The van der Waals surface area contributed by atoms with Gasteiger partial charge in [0.25, 0.3) is 11.1 Å². The lowest BCUT2D eigenvalue weighted by Crippen LogP contribution is -2.25. The van der Waals surface area contributed by atoms with Gasteiger partial charge in [-0.3, -0.25) is 23.8 Å². The van der Waals surface area contributed by atoms with E-state index in [-0.39, 0.29) is 11.1 Å². The smallest absolute Gasteiger partial charge is 0.266 e. The molecule has 4 aromatic carbocycles. The maximum Gasteiger partial charge on any atom is 0.266 e. The molecule has 59 heavy (non-hydrogen) atoms. The van der Waals surface area contributed by atoms with E-state index in [2.05, 4.69) is 40.1 Å². The predicted octanol–water partition coefficient (Wildman–Crippen LogP) is 7.61. The Balaban J connectivity index is 0.000000152. The first-order chi connectivity index (χ1) is 28.9. The summed E-state index contributed by atoms with van der Waals surface area (Å²) in [5, 5.41) is 10.5. The third-order valence-electron chi connectivity index (χ3n) is 9.81. The summed E-state index contributed by atoms with van der Waals surface area (Å²) in [5.74, 6) is 2.29. The Morgan fingerprint density at radius 1 is 0.593 bits per heavy atom. The zero-order valence-electron chi connectivity index (χ0n) is 32.0. The van der Waals surface area contributed by atoms with Crippen molar-refractivity contribution in [3.8, 4) is 11.4 Å². The Morgan fingerprint density at radius 3 is 1.97 bits per heavy atom. The molecule has 16 heteroatoms. The monoisotopic (exact) mass is 814 g/mol. The molecule has 290 valence electrons. The molecule has 0 radical (unpaired) electrons. The van der Waals surface area contributed by atoms with E-state index in [9.17, 15) is 9.59 Å². The fraction of sp³-hybridized carbons (Fsp3) is 0.116. The molecule has 0 saturated heterocycles. The minimum Gasteiger partial charge on any atom is -0.341 e. The summed E-state index contributed by atoms with van der Waals surface area (Å²) in [6.45, 7) is 5.94. The number of thioether (sulfide) groups is 2. The van der Waals surface area contributed by atoms with E-state index in [1.807, 2.05) is 112 Å². The number of para-hydroxylation sites is 3. The summed E-state index contributed by atoms with van der Waals surface area (Å²) in [5.41, 5.74) is 7.96. The first-order valence-electron chi connectivity index (χ1n) is 18.5. The summed E-state index contributed by atoms with van der Waals surface area (Å²) in [6, 6.07) is 28.9. The summed E-state index contributed by atoms with van der Waals surface area (Å²) >= 11 is 3.01. The number of aromatic amines is 2. The molecule has 0 aliphatic rings. The highest BCUT2D eigenvalue weighted by atomic mass is 32.2. The molecule has 14 nitrogen and oxygen atoms in total. The van der Waals surface area contributed by atoms with Crippen molar-refractivity contribution in [3.63, 3.8) is 0 Å². The Kier molecular flexibility index (Phi) is 10.2. The van der Waals surface area contributed by atoms with Gasteiger partial charge in [0.15, 0.2) is 11.3 Å². The van der Waals surface area contributed by atoms with Gasteiger partial charge in [-0.05, 0) is 67.8 Å². The van der Waals surface area contributed by atoms with Gasteiger partial charge in [-0.1, -0.05) is 84.2 Å². The van der Waals surface area contributed by atoms with Crippen LogP contribution < -0.4 is 11.1 Å². The summed E-state index contributed by atoms with van der Waals surface area (Å²) < 4.78 is 3.43. The lowest BCUT2D eigenvalue weighted by atomic mass is 10.1. The SMILES string of the molecule is Cc1ccccc1-n1c(CSc2ncnc3[nH]ncc23)nc2ccccc2c1=O.Cc1ccccc1-n1c(CSc2ncnc3nc[nH]c23)nc2cccc(C)c2c1=O. The third-order valence-corrected chi connectivity index (χ3v) is 11.8. The minimum atomic E-state index is -0.0726. The maximum atomic E-state index is 13.6. The molecular formula is C43H34N12O2S2. The Bertz CT molecular complexity index is 3300. The number of aryl methyl sites for hydroxylation is 3. The molecule has 0 atom stereocenters. The number of hydrogen-bond acceptors (Lipinski definition) is 12. The quantitative estimate of drug-likeness (QED) is 0.113. The van der Waals surface area contributed by atoms with Gasteiger partial charge in [0.05, 0.1) is 62.6 Å². The zero-order valence-corrected chi connectivity index (χ0v) is 33.6. The van der Waals surface area contributed by atoms with Crippen LogP contribution >= 0.6 is 23.5 Å². The van der Waals surface area contributed by atoms with Crippen LogP contribution in [0.1, 0.15) is 28.3 Å². The fourth-order valence-electron chi connectivity index (χ4n) is 6.92. The molecule has 0 aliphatic heterocycles. The number of rotatable bonds is 8. The van der Waals surface area contributed by atoms with E-state index in [4.69, 9.17) is 9.97 Å². The third kappa shape index (κ3) is 7.23. The number of H-pyrrole nitrogens is 2. The molecule has 0 spiro atoms. The number of imidazole rings is 1. The van der Waals surface area contributed by atoms with Crippen molar-refractivity contribution in [1.82, 2.24) is 59.2 Å². The van der Waals surface area contributed by atoms with Crippen LogP contribution in [0.5, 0.6) is 0 Å². The highest BCUT2D eigenvalue weighted by Gasteiger charge is 2.18. The second kappa shape index (κ2) is 16.1. The molecule has 2 N–H and O–H groups in total. The van der Waals surface area contributed by atoms with Gasteiger partial charge < -0.3 is 4.98 Å². The molecule has 0 bridgehead atoms.